The van der Waals surface area contributed by atoms with E-state index in [9.17, 15) is 0 Å². The van der Waals surface area contributed by atoms with E-state index in [2.05, 4.69) is 278 Å². The van der Waals surface area contributed by atoms with Crippen LogP contribution in [0.4, 0.5) is 17.1 Å². The minimum atomic E-state index is -0.572. The predicted octanol–water partition coefficient (Wildman–Crippen LogP) is 18.2. The molecule has 0 fully saturated rings. The largest absolute Gasteiger partial charge is 0.310 e. The van der Waals surface area contributed by atoms with Gasteiger partial charge >= 0.3 is 0 Å². The third-order valence-electron chi connectivity index (χ3n) is 16.4. The van der Waals surface area contributed by atoms with Crippen molar-refractivity contribution in [3.8, 4) is 61.3 Å². The van der Waals surface area contributed by atoms with Crippen LogP contribution >= 0.6 is 0 Å². The molecular weight excluding hydrogens is 869 g/mol. The van der Waals surface area contributed by atoms with Gasteiger partial charge in [0.25, 0.3) is 0 Å². The highest BCUT2D eigenvalue weighted by Crippen LogP contribution is 2.65. The van der Waals surface area contributed by atoms with Gasteiger partial charge < -0.3 is 9.47 Å². The van der Waals surface area contributed by atoms with Gasteiger partial charge in [-0.15, -0.1) is 0 Å². The number of hydrogen-bond donors (Lipinski definition) is 0. The van der Waals surface area contributed by atoms with Crippen LogP contribution in [-0.2, 0) is 10.8 Å². The third-order valence-corrected chi connectivity index (χ3v) is 16.4. The summed E-state index contributed by atoms with van der Waals surface area (Å²) in [6.07, 6.45) is 0. The highest BCUT2D eigenvalue weighted by molar-refractivity contribution is 6.12. The van der Waals surface area contributed by atoms with Gasteiger partial charge in [0.1, 0.15) is 0 Å². The van der Waals surface area contributed by atoms with Gasteiger partial charge in [0.2, 0.25) is 0 Å². The smallest absolute Gasteiger partial charge is 0.0726 e. The highest BCUT2D eigenvalue weighted by atomic mass is 15.1. The molecule has 72 heavy (non-hydrogen) atoms. The number of rotatable bonds is 6. The van der Waals surface area contributed by atoms with E-state index in [1.54, 1.807) is 0 Å². The molecule has 0 saturated carbocycles. The first kappa shape index (κ1) is 40.9. The Morgan fingerprint density at radius 2 is 0.833 bits per heavy atom. The molecule has 0 radical (unpaired) electrons. The van der Waals surface area contributed by atoms with Crippen LogP contribution in [-0.4, -0.2) is 4.57 Å². The Kier molecular flexibility index (Phi) is 8.66. The van der Waals surface area contributed by atoms with Gasteiger partial charge in [0.15, 0.2) is 0 Å². The molecule has 11 aromatic carbocycles. The number of anilines is 3. The van der Waals surface area contributed by atoms with Crippen LogP contribution < -0.4 is 4.90 Å². The molecule has 0 saturated heterocycles. The number of para-hydroxylation sites is 2. The number of nitrogens with zero attached hydrogens (tertiary/aromatic N) is 2. The van der Waals surface area contributed by atoms with Gasteiger partial charge in [-0.1, -0.05) is 208 Å². The molecule has 3 aliphatic carbocycles. The van der Waals surface area contributed by atoms with Crippen LogP contribution in [0.15, 0.2) is 255 Å². The van der Waals surface area contributed by atoms with Gasteiger partial charge in [0.05, 0.1) is 22.1 Å². The Balaban J connectivity index is 0.991. The zero-order chi connectivity index (χ0) is 47.7. The maximum Gasteiger partial charge on any atom is 0.0726 e. The summed E-state index contributed by atoms with van der Waals surface area (Å²) in [5, 5.41) is 2.46. The minimum Gasteiger partial charge on any atom is -0.310 e. The molecule has 338 valence electrons. The SMILES string of the molecule is CC1(C)c2ccccc2-c2cc(N(c3ccccc3)c3ccc4c5ccccc5n(-c5cccc6c5-c5ccccc5C65c6cc(-c7ccccc7)ccc6-c6ccc(-c7ccccc7)cc65)c4c3)ccc21. The molecular formula is C70H48N2. The van der Waals surface area contributed by atoms with Gasteiger partial charge in [-0.25, -0.2) is 0 Å². The van der Waals surface area contributed by atoms with E-state index in [0.717, 1.165) is 17.1 Å². The second-order valence-corrected chi connectivity index (χ2v) is 20.4. The molecule has 2 nitrogen and oxygen atoms in total. The molecule has 0 aliphatic heterocycles. The number of fused-ring (bicyclic) bond motifs is 16. The van der Waals surface area contributed by atoms with Gasteiger partial charge in [0, 0.05) is 38.8 Å². The van der Waals surface area contributed by atoms with E-state index < -0.39 is 5.41 Å². The van der Waals surface area contributed by atoms with Crippen molar-refractivity contribution in [1.82, 2.24) is 4.57 Å². The lowest BCUT2D eigenvalue weighted by Crippen LogP contribution is -2.26. The third kappa shape index (κ3) is 5.61. The van der Waals surface area contributed by atoms with Gasteiger partial charge in [-0.05, 0) is 144 Å². The Labute approximate surface area is 420 Å². The first-order valence-corrected chi connectivity index (χ1v) is 25.3. The van der Waals surface area contributed by atoms with Crippen molar-refractivity contribution >= 4 is 38.9 Å². The summed E-state index contributed by atoms with van der Waals surface area (Å²) in [7, 11) is 0. The first-order valence-electron chi connectivity index (χ1n) is 25.3. The minimum absolute atomic E-state index is 0.0773. The summed E-state index contributed by atoms with van der Waals surface area (Å²) in [5.41, 5.74) is 26.9. The number of hydrogen-bond acceptors (Lipinski definition) is 1. The average molecular weight is 917 g/mol. The van der Waals surface area contributed by atoms with Crippen molar-refractivity contribution in [3.63, 3.8) is 0 Å². The van der Waals surface area contributed by atoms with Crippen molar-refractivity contribution in [2.75, 3.05) is 4.90 Å². The van der Waals surface area contributed by atoms with E-state index in [1.165, 1.54) is 117 Å². The van der Waals surface area contributed by atoms with E-state index >= 15 is 0 Å². The lowest BCUT2D eigenvalue weighted by molar-refractivity contribution is 0.660. The lowest BCUT2D eigenvalue weighted by atomic mass is 9.70. The summed E-state index contributed by atoms with van der Waals surface area (Å²) < 4.78 is 2.56. The monoisotopic (exact) mass is 916 g/mol. The number of aromatic nitrogens is 1. The molecule has 15 rings (SSSR count). The normalized spacial score (nSPS) is 13.9. The van der Waals surface area contributed by atoms with E-state index in [4.69, 9.17) is 0 Å². The Bertz CT molecular complexity index is 4090. The molecule has 0 unspecified atom stereocenters. The molecule has 12 aromatic rings. The Hall–Kier alpha value is -8.98. The maximum absolute atomic E-state index is 2.56. The molecule has 0 amide bonds. The van der Waals surface area contributed by atoms with E-state index in [-0.39, 0.29) is 5.41 Å². The quantitative estimate of drug-likeness (QED) is 0.161. The van der Waals surface area contributed by atoms with E-state index in [0.29, 0.717) is 0 Å². The second kappa shape index (κ2) is 15.3. The summed E-state index contributed by atoms with van der Waals surface area (Å²) in [6.45, 7) is 4.71. The van der Waals surface area contributed by atoms with Crippen LogP contribution in [0.25, 0.3) is 83.1 Å². The predicted molar refractivity (Wildman–Crippen MR) is 300 cm³/mol. The topological polar surface area (TPSA) is 8.17 Å². The zero-order valence-electron chi connectivity index (χ0n) is 40.1. The van der Waals surface area contributed by atoms with Crippen LogP contribution in [0.2, 0.25) is 0 Å². The summed E-state index contributed by atoms with van der Waals surface area (Å²) in [5.74, 6) is 0. The molecule has 1 aromatic heterocycles. The fraction of sp³-hybridized carbons (Fsp3) is 0.0571. The van der Waals surface area contributed by atoms with Crippen molar-refractivity contribution in [3.05, 3.63) is 288 Å². The first-order chi connectivity index (χ1) is 35.5. The average Bonchev–Trinajstić information content (AvgIpc) is 4.12. The van der Waals surface area contributed by atoms with Crippen LogP contribution in [0.3, 0.4) is 0 Å². The zero-order valence-corrected chi connectivity index (χ0v) is 40.1. The summed E-state index contributed by atoms with van der Waals surface area (Å²) >= 11 is 0. The standard InChI is InChI=1S/C70H48N2/c1-69(2)59-28-15-12-25-52(59)58-43-50(36-40-60(58)69)71(49-23-10-5-11-24-49)51-35-39-56-55-26-14-17-31-65(55)72(67(56)44-51)66-32-18-30-62-68(66)57-27-13-16-29-61(57)70(62)63-41-47(45-19-6-3-7-20-45)33-37-53(63)54-38-34-48(42-64(54)70)46-21-8-4-9-22-46/h3-44H,1-2H3. The van der Waals surface area contributed by atoms with Crippen LogP contribution in [0.1, 0.15) is 47.2 Å². The van der Waals surface area contributed by atoms with Gasteiger partial charge in [-0.2, -0.15) is 0 Å². The molecule has 1 spiro atoms. The molecule has 2 heteroatoms. The Morgan fingerprint density at radius 3 is 1.54 bits per heavy atom. The van der Waals surface area contributed by atoms with Gasteiger partial charge in [-0.3, -0.25) is 0 Å². The fourth-order valence-electron chi connectivity index (χ4n) is 13.2. The van der Waals surface area contributed by atoms with Crippen molar-refractivity contribution in [1.29, 1.82) is 0 Å². The van der Waals surface area contributed by atoms with Crippen LogP contribution in [0, 0.1) is 0 Å². The maximum atomic E-state index is 2.56. The summed E-state index contributed by atoms with van der Waals surface area (Å²) in [6, 6.07) is 95.4. The molecule has 0 bridgehead atoms. The van der Waals surface area contributed by atoms with Crippen molar-refractivity contribution in [2.24, 2.45) is 0 Å². The highest BCUT2D eigenvalue weighted by Gasteiger charge is 2.52. The number of benzene rings is 11. The fourth-order valence-corrected chi connectivity index (χ4v) is 13.2. The van der Waals surface area contributed by atoms with E-state index in [1.807, 2.05) is 0 Å². The second-order valence-electron chi connectivity index (χ2n) is 20.4. The molecule has 0 N–H and O–H groups in total. The molecule has 3 aliphatic rings. The van der Waals surface area contributed by atoms with Crippen molar-refractivity contribution < 1.29 is 0 Å². The van der Waals surface area contributed by atoms with Crippen molar-refractivity contribution in [2.45, 2.75) is 24.7 Å². The molecule has 1 heterocycles. The Morgan fingerprint density at radius 1 is 0.306 bits per heavy atom. The lowest BCUT2D eigenvalue weighted by Gasteiger charge is -2.31. The molecule has 0 atom stereocenters. The summed E-state index contributed by atoms with van der Waals surface area (Å²) in [4.78, 5) is 2.44. The van der Waals surface area contributed by atoms with Crippen LogP contribution in [0.5, 0.6) is 0 Å².